The Kier molecular flexibility index (Phi) is 4.22. The van der Waals surface area contributed by atoms with Crippen LogP contribution in [0.3, 0.4) is 0 Å². The van der Waals surface area contributed by atoms with Gasteiger partial charge in [-0.3, -0.25) is 4.98 Å². The average Bonchev–Trinajstić information content (AvgIpc) is 2.42. The van der Waals surface area contributed by atoms with Crippen LogP contribution in [0.2, 0.25) is 0 Å². The Morgan fingerprint density at radius 3 is 2.37 bits per heavy atom. The lowest BCUT2D eigenvalue weighted by atomic mass is 10.0. The molecule has 0 saturated heterocycles. The lowest BCUT2D eigenvalue weighted by Gasteiger charge is -2.21. The molecule has 0 radical (unpaired) electrons. The molecule has 2 nitrogen and oxygen atoms in total. The van der Waals surface area contributed by atoms with Crippen LogP contribution in [-0.4, -0.2) is 4.98 Å². The summed E-state index contributed by atoms with van der Waals surface area (Å²) < 4.78 is 26.9. The second kappa shape index (κ2) is 5.89. The standard InChI is InChI=1S/C15H16F2N2/c1-10(12-6-8-18-9-7-12)19-11(2)13-4-3-5-14(16)15(13)17/h3-11,19H,1-2H3. The number of aromatic nitrogens is 1. The summed E-state index contributed by atoms with van der Waals surface area (Å²) in [7, 11) is 0. The number of hydrogen-bond donors (Lipinski definition) is 1. The molecule has 0 amide bonds. The quantitative estimate of drug-likeness (QED) is 0.907. The first-order chi connectivity index (χ1) is 9.09. The van der Waals surface area contributed by atoms with Crippen molar-refractivity contribution in [2.24, 2.45) is 0 Å². The molecule has 0 fully saturated rings. The molecule has 19 heavy (non-hydrogen) atoms. The number of nitrogens with one attached hydrogen (secondary N) is 1. The van der Waals surface area contributed by atoms with E-state index in [4.69, 9.17) is 0 Å². The van der Waals surface area contributed by atoms with Gasteiger partial charge in [-0.15, -0.1) is 0 Å². The van der Waals surface area contributed by atoms with E-state index in [9.17, 15) is 8.78 Å². The minimum atomic E-state index is -0.817. The van der Waals surface area contributed by atoms with Gasteiger partial charge < -0.3 is 5.32 Å². The van der Waals surface area contributed by atoms with Gasteiger partial charge in [-0.2, -0.15) is 0 Å². The van der Waals surface area contributed by atoms with E-state index in [-0.39, 0.29) is 12.1 Å². The second-order valence-electron chi connectivity index (χ2n) is 4.53. The highest BCUT2D eigenvalue weighted by molar-refractivity contribution is 5.23. The van der Waals surface area contributed by atoms with Crippen LogP contribution in [0.1, 0.15) is 37.1 Å². The number of rotatable bonds is 4. The molecular formula is C15H16F2N2. The normalized spacial score (nSPS) is 14.1. The summed E-state index contributed by atoms with van der Waals surface area (Å²) in [6.07, 6.45) is 3.42. The molecule has 1 aromatic heterocycles. The van der Waals surface area contributed by atoms with Crippen LogP contribution in [0.15, 0.2) is 42.7 Å². The van der Waals surface area contributed by atoms with Gasteiger partial charge in [0.15, 0.2) is 11.6 Å². The SMILES string of the molecule is CC(NC(C)c1cccc(F)c1F)c1ccncc1. The fourth-order valence-electron chi connectivity index (χ4n) is 2.07. The molecule has 0 bridgehead atoms. The molecule has 100 valence electrons. The Hall–Kier alpha value is -1.81. The van der Waals surface area contributed by atoms with Gasteiger partial charge in [-0.1, -0.05) is 12.1 Å². The fourth-order valence-corrected chi connectivity index (χ4v) is 2.07. The van der Waals surface area contributed by atoms with Gasteiger partial charge in [-0.25, -0.2) is 8.78 Å². The van der Waals surface area contributed by atoms with E-state index in [0.717, 1.165) is 11.6 Å². The second-order valence-corrected chi connectivity index (χ2v) is 4.53. The van der Waals surface area contributed by atoms with Crippen molar-refractivity contribution < 1.29 is 8.78 Å². The average molecular weight is 262 g/mol. The highest BCUT2D eigenvalue weighted by Crippen LogP contribution is 2.22. The molecule has 0 spiro atoms. The molecule has 0 aliphatic heterocycles. The molecule has 4 heteroatoms. The van der Waals surface area contributed by atoms with Gasteiger partial charge in [0.2, 0.25) is 0 Å². The molecule has 2 aromatic rings. The molecule has 2 atom stereocenters. The fraction of sp³-hybridized carbons (Fsp3) is 0.267. The van der Waals surface area contributed by atoms with Gasteiger partial charge in [0.1, 0.15) is 0 Å². The zero-order chi connectivity index (χ0) is 13.8. The summed E-state index contributed by atoms with van der Waals surface area (Å²) in [4.78, 5) is 3.95. The third-order valence-electron chi connectivity index (χ3n) is 3.15. The predicted octanol–water partition coefficient (Wildman–Crippen LogP) is 3.77. The molecule has 1 aromatic carbocycles. The first-order valence-corrected chi connectivity index (χ1v) is 6.19. The smallest absolute Gasteiger partial charge is 0.163 e. The van der Waals surface area contributed by atoms with Crippen molar-refractivity contribution in [3.8, 4) is 0 Å². The van der Waals surface area contributed by atoms with Crippen LogP contribution in [0.25, 0.3) is 0 Å². The number of pyridine rings is 1. The van der Waals surface area contributed by atoms with Crippen molar-refractivity contribution in [3.05, 3.63) is 65.5 Å². The van der Waals surface area contributed by atoms with E-state index >= 15 is 0 Å². The van der Waals surface area contributed by atoms with Crippen LogP contribution >= 0.6 is 0 Å². The van der Waals surface area contributed by atoms with Gasteiger partial charge in [-0.05, 0) is 37.6 Å². The van der Waals surface area contributed by atoms with Crippen molar-refractivity contribution in [2.75, 3.05) is 0 Å². The predicted molar refractivity (Wildman–Crippen MR) is 70.6 cm³/mol. The molecular weight excluding hydrogens is 246 g/mol. The van der Waals surface area contributed by atoms with Gasteiger partial charge in [0, 0.05) is 30.0 Å². The Labute approximate surface area is 111 Å². The molecule has 1 N–H and O–H groups in total. The van der Waals surface area contributed by atoms with Crippen molar-refractivity contribution in [1.29, 1.82) is 0 Å². The Balaban J connectivity index is 2.13. The Morgan fingerprint density at radius 2 is 1.68 bits per heavy atom. The monoisotopic (exact) mass is 262 g/mol. The molecule has 0 aliphatic rings. The summed E-state index contributed by atoms with van der Waals surface area (Å²) in [6.45, 7) is 3.79. The third kappa shape index (κ3) is 3.15. The summed E-state index contributed by atoms with van der Waals surface area (Å²) in [5.74, 6) is -1.60. The Bertz CT molecular complexity index is 543. The van der Waals surface area contributed by atoms with E-state index in [2.05, 4.69) is 10.3 Å². The minimum absolute atomic E-state index is 0.0284. The topological polar surface area (TPSA) is 24.9 Å². The summed E-state index contributed by atoms with van der Waals surface area (Å²) in [6, 6.07) is 7.77. The van der Waals surface area contributed by atoms with E-state index in [1.54, 1.807) is 18.5 Å². The van der Waals surface area contributed by atoms with Crippen LogP contribution in [0.5, 0.6) is 0 Å². The highest BCUT2D eigenvalue weighted by atomic mass is 19.2. The first-order valence-electron chi connectivity index (χ1n) is 6.19. The summed E-state index contributed by atoms with van der Waals surface area (Å²) in [5.41, 5.74) is 1.39. The third-order valence-corrected chi connectivity index (χ3v) is 3.15. The van der Waals surface area contributed by atoms with Gasteiger partial charge in [0.25, 0.3) is 0 Å². The van der Waals surface area contributed by atoms with Crippen molar-refractivity contribution >= 4 is 0 Å². The van der Waals surface area contributed by atoms with E-state index in [1.807, 2.05) is 26.0 Å². The number of benzene rings is 1. The van der Waals surface area contributed by atoms with Crippen molar-refractivity contribution in [3.63, 3.8) is 0 Å². The molecule has 1 heterocycles. The van der Waals surface area contributed by atoms with Gasteiger partial charge >= 0.3 is 0 Å². The zero-order valence-corrected chi connectivity index (χ0v) is 10.9. The maximum atomic E-state index is 13.7. The van der Waals surface area contributed by atoms with E-state index < -0.39 is 11.6 Å². The van der Waals surface area contributed by atoms with Crippen molar-refractivity contribution in [2.45, 2.75) is 25.9 Å². The number of halogens is 2. The lowest BCUT2D eigenvalue weighted by molar-refractivity contribution is 0.449. The van der Waals surface area contributed by atoms with Crippen LogP contribution in [0, 0.1) is 11.6 Å². The first kappa shape index (κ1) is 13.6. The van der Waals surface area contributed by atoms with Crippen LogP contribution in [-0.2, 0) is 0 Å². The van der Waals surface area contributed by atoms with Gasteiger partial charge in [0.05, 0.1) is 0 Å². The largest absolute Gasteiger partial charge is 0.304 e. The molecule has 2 unspecified atom stereocenters. The van der Waals surface area contributed by atoms with Crippen molar-refractivity contribution in [1.82, 2.24) is 10.3 Å². The lowest BCUT2D eigenvalue weighted by Crippen LogP contribution is -2.23. The molecule has 0 saturated carbocycles. The zero-order valence-electron chi connectivity index (χ0n) is 10.9. The van der Waals surface area contributed by atoms with E-state index in [1.165, 1.54) is 6.07 Å². The maximum Gasteiger partial charge on any atom is 0.163 e. The number of hydrogen-bond acceptors (Lipinski definition) is 2. The summed E-state index contributed by atoms with van der Waals surface area (Å²) >= 11 is 0. The summed E-state index contributed by atoms with van der Waals surface area (Å²) in [5, 5.41) is 3.25. The number of nitrogens with zero attached hydrogens (tertiary/aromatic N) is 1. The highest BCUT2D eigenvalue weighted by Gasteiger charge is 2.16. The minimum Gasteiger partial charge on any atom is -0.304 e. The maximum absolute atomic E-state index is 13.7. The van der Waals surface area contributed by atoms with E-state index in [0.29, 0.717) is 5.56 Å². The van der Waals surface area contributed by atoms with Crippen LogP contribution in [0.4, 0.5) is 8.78 Å². The molecule has 2 rings (SSSR count). The van der Waals surface area contributed by atoms with Crippen LogP contribution < -0.4 is 5.32 Å². The molecule has 0 aliphatic carbocycles. The Morgan fingerprint density at radius 1 is 1.00 bits per heavy atom.